The van der Waals surface area contributed by atoms with E-state index < -0.39 is 0 Å². The maximum absolute atomic E-state index is 5.30. The van der Waals surface area contributed by atoms with Gasteiger partial charge in [-0.2, -0.15) is 0 Å². The summed E-state index contributed by atoms with van der Waals surface area (Å²) in [6.07, 6.45) is 1.81. The van der Waals surface area contributed by atoms with Crippen LogP contribution in [0.25, 0.3) is 0 Å². The van der Waals surface area contributed by atoms with Crippen LogP contribution in [0.2, 0.25) is 0 Å². The maximum Gasteiger partial charge on any atom is 0.419 e. The van der Waals surface area contributed by atoms with Gasteiger partial charge in [0.1, 0.15) is 0 Å². The standard InChI is InChI=1S/C10H16NO4/c1-9-4-5-10(14-7-12-2)11(6-9)15-8-13-3/h4-6H,7-8H2,1-3H3/q+1. The van der Waals surface area contributed by atoms with Gasteiger partial charge >= 0.3 is 5.88 Å². The van der Waals surface area contributed by atoms with Crippen LogP contribution in [0.5, 0.6) is 5.88 Å². The molecule has 0 aromatic carbocycles. The number of pyridine rings is 1. The number of ether oxygens (including phenoxy) is 3. The van der Waals surface area contributed by atoms with Crippen molar-refractivity contribution in [2.75, 3.05) is 27.8 Å². The molecule has 1 rings (SSSR count). The number of nitrogens with zero attached hydrogens (tertiary/aromatic N) is 1. The Bertz CT molecular complexity index is 303. The number of methoxy groups -OCH3 is 2. The summed E-state index contributed by atoms with van der Waals surface area (Å²) in [5, 5.41) is 0. The van der Waals surface area contributed by atoms with E-state index in [1.54, 1.807) is 14.2 Å². The molecule has 5 nitrogen and oxygen atoms in total. The van der Waals surface area contributed by atoms with Crippen molar-refractivity contribution >= 4 is 0 Å². The van der Waals surface area contributed by atoms with E-state index >= 15 is 0 Å². The minimum absolute atomic E-state index is 0.164. The molecule has 0 fully saturated rings. The molecule has 5 heteroatoms. The summed E-state index contributed by atoms with van der Waals surface area (Å²) >= 11 is 0. The second-order valence-electron chi connectivity index (χ2n) is 2.96. The lowest BCUT2D eigenvalue weighted by molar-refractivity contribution is -0.899. The number of hydrogen-bond donors (Lipinski definition) is 0. The molecule has 0 aliphatic carbocycles. The molecule has 1 aromatic rings. The number of hydrogen-bond acceptors (Lipinski definition) is 4. The Morgan fingerprint density at radius 1 is 1.13 bits per heavy atom. The third-order valence-corrected chi connectivity index (χ3v) is 1.66. The fourth-order valence-electron chi connectivity index (χ4n) is 1.01. The predicted octanol–water partition coefficient (Wildman–Crippen LogP) is 0.298. The van der Waals surface area contributed by atoms with Crippen molar-refractivity contribution in [3.63, 3.8) is 0 Å². The normalized spacial score (nSPS) is 10.1. The first-order valence-corrected chi connectivity index (χ1v) is 4.54. The summed E-state index contributed by atoms with van der Waals surface area (Å²) in [6.45, 7) is 2.31. The van der Waals surface area contributed by atoms with Crippen LogP contribution < -0.4 is 14.3 Å². The van der Waals surface area contributed by atoms with Gasteiger partial charge < -0.3 is 14.2 Å². The summed E-state index contributed by atoms with van der Waals surface area (Å²) in [4.78, 5) is 5.28. The minimum Gasteiger partial charge on any atom is -0.414 e. The lowest BCUT2D eigenvalue weighted by atomic mass is 10.3. The second-order valence-corrected chi connectivity index (χ2v) is 2.96. The Hall–Kier alpha value is -1.33. The monoisotopic (exact) mass is 214 g/mol. The average molecular weight is 214 g/mol. The third kappa shape index (κ3) is 3.73. The fraction of sp³-hybridized carbons (Fsp3) is 0.500. The lowest BCUT2D eigenvalue weighted by Crippen LogP contribution is -2.45. The van der Waals surface area contributed by atoms with E-state index in [1.165, 1.54) is 4.73 Å². The van der Waals surface area contributed by atoms with Crippen LogP contribution >= 0.6 is 0 Å². The minimum atomic E-state index is 0.164. The summed E-state index contributed by atoms with van der Waals surface area (Å²) in [5.74, 6) is 0.569. The van der Waals surface area contributed by atoms with Gasteiger partial charge in [0.25, 0.3) is 6.79 Å². The molecular weight excluding hydrogens is 198 g/mol. The van der Waals surface area contributed by atoms with Crippen LogP contribution in [0.1, 0.15) is 5.56 Å². The zero-order chi connectivity index (χ0) is 11.1. The van der Waals surface area contributed by atoms with Gasteiger partial charge in [0.05, 0.1) is 10.8 Å². The van der Waals surface area contributed by atoms with Crippen LogP contribution in [0.4, 0.5) is 0 Å². The highest BCUT2D eigenvalue weighted by atomic mass is 16.8. The highest BCUT2D eigenvalue weighted by Crippen LogP contribution is 2.03. The number of aromatic nitrogens is 1. The molecule has 0 N–H and O–H groups in total. The van der Waals surface area contributed by atoms with Crippen LogP contribution in [0.3, 0.4) is 0 Å². The van der Waals surface area contributed by atoms with E-state index in [9.17, 15) is 0 Å². The third-order valence-electron chi connectivity index (χ3n) is 1.66. The average Bonchev–Trinajstić information content (AvgIpc) is 2.25. The second kappa shape index (κ2) is 6.21. The van der Waals surface area contributed by atoms with Crippen molar-refractivity contribution in [2.45, 2.75) is 6.92 Å². The molecule has 1 heterocycles. The van der Waals surface area contributed by atoms with Crippen molar-refractivity contribution < 1.29 is 23.8 Å². The van der Waals surface area contributed by atoms with Gasteiger partial charge in [-0.05, 0) is 13.0 Å². The molecule has 0 aliphatic rings. The van der Waals surface area contributed by atoms with Crippen molar-refractivity contribution in [3.05, 3.63) is 23.9 Å². The predicted molar refractivity (Wildman–Crippen MR) is 52.3 cm³/mol. The van der Waals surface area contributed by atoms with Gasteiger partial charge in [-0.1, -0.05) is 0 Å². The molecule has 0 saturated heterocycles. The molecule has 0 aliphatic heterocycles. The lowest BCUT2D eigenvalue weighted by Gasteiger charge is -2.04. The van der Waals surface area contributed by atoms with Gasteiger partial charge in [-0.3, -0.25) is 0 Å². The van der Waals surface area contributed by atoms with Gasteiger partial charge in [-0.25, -0.2) is 4.84 Å². The first-order chi connectivity index (χ1) is 7.27. The van der Waals surface area contributed by atoms with Crippen LogP contribution in [-0.2, 0) is 9.47 Å². The molecule has 0 atom stereocenters. The van der Waals surface area contributed by atoms with E-state index in [1.807, 2.05) is 25.3 Å². The first kappa shape index (κ1) is 11.7. The molecule has 0 bridgehead atoms. The Morgan fingerprint density at radius 3 is 2.53 bits per heavy atom. The Balaban J connectivity index is 2.73. The van der Waals surface area contributed by atoms with Gasteiger partial charge in [0.2, 0.25) is 6.20 Å². The molecule has 84 valence electrons. The topological polar surface area (TPSA) is 40.8 Å². The molecular formula is C10H16NO4+. The summed E-state index contributed by atoms with van der Waals surface area (Å²) in [7, 11) is 3.13. The SMILES string of the molecule is COCOc1ccc(C)c[n+]1OCOC. The maximum atomic E-state index is 5.30. The van der Waals surface area contributed by atoms with Crippen molar-refractivity contribution in [2.24, 2.45) is 0 Å². The molecule has 0 amide bonds. The fourth-order valence-corrected chi connectivity index (χ4v) is 1.01. The van der Waals surface area contributed by atoms with E-state index in [4.69, 9.17) is 19.0 Å². The van der Waals surface area contributed by atoms with Gasteiger partial charge in [0.15, 0.2) is 6.79 Å². The quantitative estimate of drug-likeness (QED) is 0.504. The van der Waals surface area contributed by atoms with E-state index in [2.05, 4.69) is 0 Å². The molecule has 1 aromatic heterocycles. The molecule has 0 unspecified atom stereocenters. The Morgan fingerprint density at radius 2 is 1.87 bits per heavy atom. The number of rotatable bonds is 6. The largest absolute Gasteiger partial charge is 0.419 e. The zero-order valence-corrected chi connectivity index (χ0v) is 9.23. The first-order valence-electron chi connectivity index (χ1n) is 4.54. The van der Waals surface area contributed by atoms with Crippen molar-refractivity contribution in [1.82, 2.24) is 0 Å². The Labute approximate surface area is 89.1 Å². The van der Waals surface area contributed by atoms with Gasteiger partial charge in [-0.15, -0.1) is 0 Å². The van der Waals surface area contributed by atoms with E-state index in [0.717, 1.165) is 5.56 Å². The van der Waals surface area contributed by atoms with Crippen molar-refractivity contribution in [1.29, 1.82) is 0 Å². The summed E-state index contributed by atoms with van der Waals surface area (Å²) in [5.41, 5.74) is 1.07. The highest BCUT2D eigenvalue weighted by Gasteiger charge is 2.14. The number of aryl methyl sites for hydroxylation is 1. The zero-order valence-electron chi connectivity index (χ0n) is 9.23. The molecule has 0 radical (unpaired) electrons. The van der Waals surface area contributed by atoms with Crippen LogP contribution in [-0.4, -0.2) is 27.8 Å². The van der Waals surface area contributed by atoms with E-state index in [0.29, 0.717) is 5.88 Å². The Kier molecular flexibility index (Phi) is 4.86. The van der Waals surface area contributed by atoms with Crippen molar-refractivity contribution in [3.8, 4) is 5.88 Å². The highest BCUT2D eigenvalue weighted by molar-refractivity contribution is 5.10. The smallest absolute Gasteiger partial charge is 0.414 e. The van der Waals surface area contributed by atoms with Crippen LogP contribution in [0.15, 0.2) is 18.3 Å². The van der Waals surface area contributed by atoms with Crippen LogP contribution in [0, 0.1) is 6.92 Å². The molecule has 0 spiro atoms. The molecule has 0 saturated carbocycles. The summed E-state index contributed by atoms with van der Waals surface area (Å²) in [6, 6.07) is 3.74. The van der Waals surface area contributed by atoms with Gasteiger partial charge in [0, 0.05) is 19.8 Å². The van der Waals surface area contributed by atoms with E-state index in [-0.39, 0.29) is 13.6 Å². The summed E-state index contributed by atoms with van der Waals surface area (Å²) < 4.78 is 16.4. The molecule has 15 heavy (non-hydrogen) atoms.